The van der Waals surface area contributed by atoms with Gasteiger partial charge >= 0.3 is 0 Å². The van der Waals surface area contributed by atoms with Crippen LogP contribution in [0.3, 0.4) is 0 Å². The molecule has 0 aliphatic heterocycles. The van der Waals surface area contributed by atoms with Gasteiger partial charge in [0.25, 0.3) is 5.91 Å². The van der Waals surface area contributed by atoms with Gasteiger partial charge in [-0.25, -0.2) is 0 Å². The number of nitrogens with zero attached hydrogens (tertiary/aromatic N) is 2. The summed E-state index contributed by atoms with van der Waals surface area (Å²) in [5.74, 6) is 1.60. The van der Waals surface area contributed by atoms with E-state index in [4.69, 9.17) is 0 Å². The number of carbonyl (C=O) groups is 3. The fourth-order valence-electron chi connectivity index (χ4n) is 6.08. The molecule has 0 saturated heterocycles. The van der Waals surface area contributed by atoms with Crippen LogP contribution in [0.1, 0.15) is 56.3 Å². The lowest BCUT2D eigenvalue weighted by Gasteiger charge is -2.55. The summed E-state index contributed by atoms with van der Waals surface area (Å²) < 4.78 is 1.59. The zero-order valence-corrected chi connectivity index (χ0v) is 17.3. The molecule has 1 aromatic heterocycles. The first-order valence-electron chi connectivity index (χ1n) is 10.7. The second-order valence-corrected chi connectivity index (χ2v) is 9.38. The first-order chi connectivity index (χ1) is 13.8. The van der Waals surface area contributed by atoms with Gasteiger partial charge in [-0.3, -0.25) is 29.9 Å². The number of rotatable bonds is 6. The molecule has 0 unspecified atom stereocenters. The van der Waals surface area contributed by atoms with Crippen molar-refractivity contribution in [2.45, 2.75) is 65.3 Å². The molecule has 0 atom stereocenters. The van der Waals surface area contributed by atoms with Crippen molar-refractivity contribution in [2.24, 2.45) is 23.2 Å². The van der Waals surface area contributed by atoms with E-state index in [0.717, 1.165) is 30.7 Å². The minimum absolute atomic E-state index is 0.0444. The smallest absolute Gasteiger partial charge is 0.260 e. The van der Waals surface area contributed by atoms with Gasteiger partial charge in [0.05, 0.1) is 5.69 Å². The summed E-state index contributed by atoms with van der Waals surface area (Å²) in [5.41, 5.74) is 6.34. The van der Waals surface area contributed by atoms with E-state index in [1.807, 2.05) is 19.9 Å². The quantitative estimate of drug-likeness (QED) is 0.626. The van der Waals surface area contributed by atoms with Crippen molar-refractivity contribution < 1.29 is 14.4 Å². The van der Waals surface area contributed by atoms with Crippen molar-refractivity contribution in [1.29, 1.82) is 0 Å². The molecule has 3 amide bonds. The van der Waals surface area contributed by atoms with Crippen molar-refractivity contribution in [3.8, 4) is 0 Å². The van der Waals surface area contributed by atoms with Gasteiger partial charge in [-0.2, -0.15) is 5.10 Å². The molecule has 4 bridgehead atoms. The van der Waals surface area contributed by atoms with Crippen LogP contribution in [0.15, 0.2) is 6.07 Å². The highest BCUT2D eigenvalue weighted by molar-refractivity contribution is 5.85. The Kier molecular flexibility index (Phi) is 5.36. The Hall–Kier alpha value is -2.38. The molecule has 29 heavy (non-hydrogen) atoms. The highest BCUT2D eigenvalue weighted by Gasteiger charge is 2.54. The van der Waals surface area contributed by atoms with E-state index in [1.165, 1.54) is 19.3 Å². The average molecular weight is 402 g/mol. The molecule has 4 aliphatic carbocycles. The summed E-state index contributed by atoms with van der Waals surface area (Å²) in [4.78, 5) is 36.8. The molecule has 1 heterocycles. The Morgan fingerprint density at radius 3 is 2.17 bits per heavy atom. The molecule has 8 nitrogen and oxygen atoms in total. The van der Waals surface area contributed by atoms with Crippen LogP contribution < -0.4 is 16.2 Å². The van der Waals surface area contributed by atoms with E-state index in [0.29, 0.717) is 24.3 Å². The minimum atomic E-state index is -0.345. The molecule has 158 valence electrons. The van der Waals surface area contributed by atoms with Crippen molar-refractivity contribution in [2.75, 3.05) is 6.54 Å². The predicted molar refractivity (Wildman–Crippen MR) is 106 cm³/mol. The number of amides is 3. The topological polar surface area (TPSA) is 105 Å². The highest BCUT2D eigenvalue weighted by Crippen LogP contribution is 2.60. The van der Waals surface area contributed by atoms with Gasteiger partial charge in [0.15, 0.2) is 0 Å². The van der Waals surface area contributed by atoms with E-state index in [1.54, 1.807) is 4.68 Å². The van der Waals surface area contributed by atoms with E-state index in [-0.39, 0.29) is 36.1 Å². The van der Waals surface area contributed by atoms with E-state index < -0.39 is 0 Å². The summed E-state index contributed by atoms with van der Waals surface area (Å²) in [6, 6.07) is 1.89. The molecule has 4 fully saturated rings. The Morgan fingerprint density at radius 2 is 1.62 bits per heavy atom. The van der Waals surface area contributed by atoms with Crippen molar-refractivity contribution in [1.82, 2.24) is 25.9 Å². The summed E-state index contributed by atoms with van der Waals surface area (Å²) in [7, 11) is 0. The second-order valence-electron chi connectivity index (χ2n) is 9.38. The van der Waals surface area contributed by atoms with Crippen LogP contribution in [0.2, 0.25) is 0 Å². The van der Waals surface area contributed by atoms with Crippen molar-refractivity contribution in [3.63, 3.8) is 0 Å². The SMILES string of the molecule is Cc1cc(C)n(CC(=O)NNC(=O)CCNC(=O)C23CC4CC(CC(C4)C2)C3)n1. The third-order valence-electron chi connectivity index (χ3n) is 6.90. The molecular formula is C21H31N5O3. The van der Waals surface area contributed by atoms with Gasteiger partial charge in [0.1, 0.15) is 6.54 Å². The van der Waals surface area contributed by atoms with Crippen molar-refractivity contribution >= 4 is 17.7 Å². The molecule has 0 spiro atoms. The highest BCUT2D eigenvalue weighted by atomic mass is 16.2. The fourth-order valence-corrected chi connectivity index (χ4v) is 6.08. The number of aromatic nitrogens is 2. The summed E-state index contributed by atoms with van der Waals surface area (Å²) >= 11 is 0. The largest absolute Gasteiger partial charge is 0.355 e. The lowest BCUT2D eigenvalue weighted by atomic mass is 9.49. The first-order valence-corrected chi connectivity index (χ1v) is 10.7. The van der Waals surface area contributed by atoms with E-state index in [2.05, 4.69) is 21.3 Å². The Balaban J connectivity index is 1.17. The molecule has 4 saturated carbocycles. The van der Waals surface area contributed by atoms with Crippen LogP contribution in [0.4, 0.5) is 0 Å². The van der Waals surface area contributed by atoms with Crippen LogP contribution in [0.25, 0.3) is 0 Å². The number of hydrogen-bond acceptors (Lipinski definition) is 4. The van der Waals surface area contributed by atoms with Gasteiger partial charge in [-0.05, 0) is 76.2 Å². The Morgan fingerprint density at radius 1 is 1.03 bits per heavy atom. The van der Waals surface area contributed by atoms with Gasteiger partial charge < -0.3 is 5.32 Å². The predicted octanol–water partition coefficient (Wildman–Crippen LogP) is 1.37. The summed E-state index contributed by atoms with van der Waals surface area (Å²) in [6.45, 7) is 4.07. The summed E-state index contributed by atoms with van der Waals surface area (Å²) in [5, 5.41) is 7.20. The van der Waals surface area contributed by atoms with Crippen molar-refractivity contribution in [3.05, 3.63) is 17.5 Å². The van der Waals surface area contributed by atoms with Crippen LogP contribution in [0.5, 0.6) is 0 Å². The number of carbonyl (C=O) groups excluding carboxylic acids is 3. The number of nitrogens with one attached hydrogen (secondary N) is 3. The molecule has 8 heteroatoms. The molecular weight excluding hydrogens is 370 g/mol. The number of hydrazine groups is 1. The maximum Gasteiger partial charge on any atom is 0.260 e. The van der Waals surface area contributed by atoms with Gasteiger partial charge in [-0.1, -0.05) is 0 Å². The lowest BCUT2D eigenvalue weighted by molar-refractivity contribution is -0.146. The zero-order chi connectivity index (χ0) is 20.6. The zero-order valence-electron chi connectivity index (χ0n) is 17.3. The number of hydrogen-bond donors (Lipinski definition) is 3. The first kappa shape index (κ1) is 19.9. The molecule has 3 N–H and O–H groups in total. The Labute approximate surface area is 171 Å². The molecule has 0 aromatic carbocycles. The van der Waals surface area contributed by atoms with Crippen LogP contribution >= 0.6 is 0 Å². The standard InChI is InChI=1S/C21H31N5O3/c1-13-5-14(2)26(25-13)12-19(28)24-23-18(27)3-4-22-20(29)21-9-15-6-16(10-21)8-17(7-15)11-21/h5,15-17H,3-4,6-12H2,1-2H3,(H,22,29)(H,23,27)(H,24,28). The third-order valence-corrected chi connectivity index (χ3v) is 6.90. The van der Waals surface area contributed by atoms with Gasteiger partial charge in [-0.15, -0.1) is 0 Å². The number of aryl methyl sites for hydroxylation is 2. The molecule has 5 rings (SSSR count). The molecule has 4 aliphatic rings. The monoisotopic (exact) mass is 401 g/mol. The maximum atomic E-state index is 12.9. The normalized spacial score (nSPS) is 29.5. The lowest BCUT2D eigenvalue weighted by Crippen LogP contribution is -2.54. The van der Waals surface area contributed by atoms with Crippen LogP contribution in [-0.2, 0) is 20.9 Å². The molecule has 0 radical (unpaired) electrons. The van der Waals surface area contributed by atoms with E-state index in [9.17, 15) is 14.4 Å². The van der Waals surface area contributed by atoms with Crippen LogP contribution in [0, 0.1) is 37.0 Å². The molecule has 1 aromatic rings. The second kappa shape index (κ2) is 7.80. The van der Waals surface area contributed by atoms with Gasteiger partial charge in [0.2, 0.25) is 11.8 Å². The third kappa shape index (κ3) is 4.31. The average Bonchev–Trinajstić information content (AvgIpc) is 2.95. The van der Waals surface area contributed by atoms with Gasteiger partial charge in [0, 0.05) is 24.1 Å². The van der Waals surface area contributed by atoms with Crippen LogP contribution in [-0.4, -0.2) is 34.0 Å². The Bertz CT molecular complexity index is 780. The maximum absolute atomic E-state index is 12.9. The fraction of sp³-hybridized carbons (Fsp3) is 0.714. The minimum Gasteiger partial charge on any atom is -0.355 e. The summed E-state index contributed by atoms with van der Waals surface area (Å²) in [6.07, 6.45) is 7.07. The van der Waals surface area contributed by atoms with E-state index >= 15 is 0 Å².